The van der Waals surface area contributed by atoms with E-state index < -0.39 is 0 Å². The molecule has 0 radical (unpaired) electrons. The molecule has 0 bridgehead atoms. The molecule has 2 heterocycles. The van der Waals surface area contributed by atoms with Crippen LogP contribution in [0.25, 0.3) is 0 Å². The number of hydrogen-bond donors (Lipinski definition) is 1. The van der Waals surface area contributed by atoms with Gasteiger partial charge in [0.25, 0.3) is 0 Å². The molecule has 2 aromatic heterocycles. The molecule has 2 aromatic rings. The van der Waals surface area contributed by atoms with E-state index in [1.165, 1.54) is 10.4 Å². The van der Waals surface area contributed by atoms with Gasteiger partial charge < -0.3 is 9.73 Å². The van der Waals surface area contributed by atoms with Crippen LogP contribution in [0.3, 0.4) is 0 Å². The van der Waals surface area contributed by atoms with Crippen LogP contribution in [0.2, 0.25) is 5.02 Å². The minimum Gasteiger partial charge on any atom is -0.466 e. The summed E-state index contributed by atoms with van der Waals surface area (Å²) in [7, 11) is 0. The van der Waals surface area contributed by atoms with E-state index >= 15 is 0 Å². The first kappa shape index (κ1) is 15.1. The van der Waals surface area contributed by atoms with Crippen LogP contribution >= 0.6 is 38.9 Å². The number of furan rings is 1. The van der Waals surface area contributed by atoms with Gasteiger partial charge in [-0.3, -0.25) is 0 Å². The van der Waals surface area contributed by atoms with Gasteiger partial charge in [-0.2, -0.15) is 0 Å². The van der Waals surface area contributed by atoms with E-state index in [4.69, 9.17) is 16.0 Å². The van der Waals surface area contributed by atoms with Crippen LogP contribution in [0.1, 0.15) is 41.3 Å². The molecule has 0 aliphatic rings. The summed E-state index contributed by atoms with van der Waals surface area (Å²) in [5.41, 5.74) is 1.19. The highest BCUT2D eigenvalue weighted by Gasteiger charge is 2.21. The van der Waals surface area contributed by atoms with Crippen molar-refractivity contribution in [1.29, 1.82) is 0 Å². The SMILES string of the molecule is CCCNC(c1cc(Cl)c(Br)s1)c1cc(C)oc1C. The van der Waals surface area contributed by atoms with Crippen molar-refractivity contribution in [1.82, 2.24) is 5.32 Å². The molecular weight excluding hydrogens is 346 g/mol. The Morgan fingerprint density at radius 3 is 2.63 bits per heavy atom. The van der Waals surface area contributed by atoms with Crippen LogP contribution in [0.15, 0.2) is 20.3 Å². The van der Waals surface area contributed by atoms with Gasteiger partial charge in [0.05, 0.1) is 14.9 Å². The van der Waals surface area contributed by atoms with Crippen LogP contribution < -0.4 is 5.32 Å². The fourth-order valence-corrected chi connectivity index (χ4v) is 3.94. The molecule has 1 N–H and O–H groups in total. The smallest absolute Gasteiger partial charge is 0.106 e. The average molecular weight is 363 g/mol. The quantitative estimate of drug-likeness (QED) is 0.763. The molecule has 1 unspecified atom stereocenters. The maximum Gasteiger partial charge on any atom is 0.106 e. The molecule has 0 saturated heterocycles. The van der Waals surface area contributed by atoms with Gasteiger partial charge in [-0.15, -0.1) is 11.3 Å². The maximum absolute atomic E-state index is 6.15. The Hall–Kier alpha value is -0.290. The second kappa shape index (κ2) is 6.44. The van der Waals surface area contributed by atoms with Crippen molar-refractivity contribution in [3.8, 4) is 0 Å². The molecule has 0 amide bonds. The Labute approximate surface area is 131 Å². The topological polar surface area (TPSA) is 25.2 Å². The van der Waals surface area contributed by atoms with Crippen LogP contribution in [0.5, 0.6) is 0 Å². The molecule has 0 aliphatic heterocycles. The van der Waals surface area contributed by atoms with Crippen molar-refractivity contribution in [2.75, 3.05) is 6.54 Å². The Bertz CT molecular complexity index is 544. The Balaban J connectivity index is 2.38. The zero-order chi connectivity index (χ0) is 14.0. The average Bonchev–Trinajstić information content (AvgIpc) is 2.84. The summed E-state index contributed by atoms with van der Waals surface area (Å²) in [6, 6.07) is 4.27. The number of halogens is 2. The summed E-state index contributed by atoms with van der Waals surface area (Å²) in [5, 5.41) is 4.33. The van der Waals surface area contributed by atoms with E-state index in [9.17, 15) is 0 Å². The Morgan fingerprint density at radius 2 is 2.16 bits per heavy atom. The molecule has 19 heavy (non-hydrogen) atoms. The first-order chi connectivity index (χ1) is 9.02. The molecule has 0 saturated carbocycles. The fourth-order valence-electron chi connectivity index (χ4n) is 2.10. The molecule has 104 valence electrons. The van der Waals surface area contributed by atoms with Crippen molar-refractivity contribution in [3.05, 3.63) is 42.9 Å². The molecule has 0 aromatic carbocycles. The maximum atomic E-state index is 6.15. The number of hydrogen-bond acceptors (Lipinski definition) is 3. The minimum atomic E-state index is 0.145. The number of thiophene rings is 1. The summed E-state index contributed by atoms with van der Waals surface area (Å²) in [6.45, 7) is 7.11. The highest BCUT2D eigenvalue weighted by molar-refractivity contribution is 9.11. The zero-order valence-corrected chi connectivity index (χ0v) is 14.4. The minimum absolute atomic E-state index is 0.145. The van der Waals surface area contributed by atoms with Gasteiger partial charge in [-0.25, -0.2) is 0 Å². The first-order valence-corrected chi connectivity index (χ1v) is 8.26. The number of aryl methyl sites for hydroxylation is 2. The van der Waals surface area contributed by atoms with Crippen molar-refractivity contribution in [2.24, 2.45) is 0 Å². The number of nitrogens with one attached hydrogen (secondary N) is 1. The molecule has 5 heteroatoms. The van der Waals surface area contributed by atoms with Crippen molar-refractivity contribution in [2.45, 2.75) is 33.2 Å². The summed E-state index contributed by atoms with van der Waals surface area (Å²) in [4.78, 5) is 1.20. The van der Waals surface area contributed by atoms with Crippen molar-refractivity contribution >= 4 is 38.9 Å². The normalized spacial score (nSPS) is 12.9. The van der Waals surface area contributed by atoms with Crippen LogP contribution in [0.4, 0.5) is 0 Å². The second-order valence-corrected chi connectivity index (χ2v) is 7.34. The van der Waals surface area contributed by atoms with Crippen LogP contribution in [0, 0.1) is 13.8 Å². The highest BCUT2D eigenvalue weighted by atomic mass is 79.9. The molecule has 1 atom stereocenters. The van der Waals surface area contributed by atoms with Gasteiger partial charge in [0.2, 0.25) is 0 Å². The molecule has 0 aliphatic carbocycles. The molecule has 0 spiro atoms. The Morgan fingerprint density at radius 1 is 1.42 bits per heavy atom. The van der Waals surface area contributed by atoms with Crippen LogP contribution in [-0.2, 0) is 0 Å². The van der Waals surface area contributed by atoms with Gasteiger partial charge in [0, 0.05) is 10.4 Å². The lowest BCUT2D eigenvalue weighted by Crippen LogP contribution is -2.22. The van der Waals surface area contributed by atoms with Crippen molar-refractivity contribution < 1.29 is 4.42 Å². The van der Waals surface area contributed by atoms with Gasteiger partial charge in [-0.1, -0.05) is 18.5 Å². The monoisotopic (exact) mass is 361 g/mol. The van der Waals surface area contributed by atoms with E-state index in [0.717, 1.165) is 33.3 Å². The lowest BCUT2D eigenvalue weighted by molar-refractivity contribution is 0.494. The summed E-state index contributed by atoms with van der Waals surface area (Å²) in [6.07, 6.45) is 1.09. The van der Waals surface area contributed by atoms with Crippen molar-refractivity contribution in [3.63, 3.8) is 0 Å². The third kappa shape index (κ3) is 3.43. The molecule has 0 fully saturated rings. The zero-order valence-electron chi connectivity index (χ0n) is 11.2. The van der Waals surface area contributed by atoms with E-state index in [0.29, 0.717) is 0 Å². The molecule has 2 rings (SSSR count). The van der Waals surface area contributed by atoms with E-state index in [-0.39, 0.29) is 6.04 Å². The van der Waals surface area contributed by atoms with Gasteiger partial charge in [0.15, 0.2) is 0 Å². The van der Waals surface area contributed by atoms with Gasteiger partial charge in [0.1, 0.15) is 11.5 Å². The lowest BCUT2D eigenvalue weighted by atomic mass is 10.1. The summed E-state index contributed by atoms with van der Waals surface area (Å²) < 4.78 is 6.63. The molecular formula is C14H17BrClNOS. The third-order valence-corrected chi connectivity index (χ3v) is 5.48. The number of rotatable bonds is 5. The fraction of sp³-hybridized carbons (Fsp3) is 0.429. The predicted molar refractivity (Wildman–Crippen MR) is 85.3 cm³/mol. The standard InChI is InChI=1S/C14H17BrClNOS/c1-4-5-17-13(10-6-8(2)18-9(10)3)12-7-11(16)14(15)19-12/h6-7,13,17H,4-5H2,1-3H3. The van der Waals surface area contributed by atoms with E-state index in [1.807, 2.05) is 19.9 Å². The molecule has 2 nitrogen and oxygen atoms in total. The highest BCUT2D eigenvalue weighted by Crippen LogP contribution is 2.38. The van der Waals surface area contributed by atoms with E-state index in [2.05, 4.69) is 34.2 Å². The van der Waals surface area contributed by atoms with Gasteiger partial charge in [-0.05, 0) is 54.9 Å². The second-order valence-electron chi connectivity index (χ2n) is 4.53. The van der Waals surface area contributed by atoms with Gasteiger partial charge >= 0.3 is 0 Å². The largest absolute Gasteiger partial charge is 0.466 e. The predicted octanol–water partition coefficient (Wildman–Crippen LogP) is 5.46. The summed E-state index contributed by atoms with van der Waals surface area (Å²) >= 11 is 11.3. The first-order valence-electron chi connectivity index (χ1n) is 6.28. The summed E-state index contributed by atoms with van der Waals surface area (Å²) in [5.74, 6) is 1.91. The Kier molecular flexibility index (Phi) is 5.12. The van der Waals surface area contributed by atoms with E-state index in [1.54, 1.807) is 11.3 Å². The lowest BCUT2D eigenvalue weighted by Gasteiger charge is -2.16. The van der Waals surface area contributed by atoms with Crippen LogP contribution in [-0.4, -0.2) is 6.54 Å². The third-order valence-electron chi connectivity index (χ3n) is 2.94.